The number of carbonyl (C=O) groups is 1. The zero-order valence-corrected chi connectivity index (χ0v) is 19.8. The summed E-state index contributed by atoms with van der Waals surface area (Å²) in [6.45, 7) is 4.60. The average Bonchev–Trinajstić information content (AvgIpc) is 2.77. The predicted molar refractivity (Wildman–Crippen MR) is 127 cm³/mol. The molecule has 1 heterocycles. The molecular formula is C23H30N4O5S. The molecule has 2 aromatic carbocycles. The molecule has 1 saturated heterocycles. The first-order valence-corrected chi connectivity index (χ1v) is 12.8. The van der Waals surface area contributed by atoms with Gasteiger partial charge in [-0.15, -0.1) is 0 Å². The summed E-state index contributed by atoms with van der Waals surface area (Å²) < 4.78 is 25.6. The molecule has 0 saturated carbocycles. The number of non-ortho nitro benzene ring substituents is 1. The summed E-state index contributed by atoms with van der Waals surface area (Å²) in [5.74, 6) is -0.497. The summed E-state index contributed by atoms with van der Waals surface area (Å²) in [4.78, 5) is 25.5. The van der Waals surface area contributed by atoms with Gasteiger partial charge >= 0.3 is 0 Å². The molecule has 1 fully saturated rings. The molecule has 1 aliphatic rings. The van der Waals surface area contributed by atoms with Crippen LogP contribution < -0.4 is 9.62 Å². The lowest BCUT2D eigenvalue weighted by atomic mass is 10.1. The molecule has 0 radical (unpaired) electrons. The first-order valence-electron chi connectivity index (χ1n) is 10.9. The van der Waals surface area contributed by atoms with Crippen molar-refractivity contribution in [3.05, 3.63) is 69.3 Å². The Morgan fingerprint density at radius 2 is 1.73 bits per heavy atom. The van der Waals surface area contributed by atoms with E-state index in [-0.39, 0.29) is 17.9 Å². The Kier molecular flexibility index (Phi) is 8.04. The van der Waals surface area contributed by atoms with Gasteiger partial charge in [-0.3, -0.25) is 24.1 Å². The van der Waals surface area contributed by atoms with Crippen LogP contribution in [0.2, 0.25) is 0 Å². The number of piperidine rings is 1. The highest BCUT2D eigenvalue weighted by Gasteiger charge is 2.24. The normalized spacial score (nSPS) is 14.6. The maximum atomic E-state index is 12.5. The van der Waals surface area contributed by atoms with Gasteiger partial charge in [0.1, 0.15) is 6.54 Å². The second kappa shape index (κ2) is 10.8. The van der Waals surface area contributed by atoms with E-state index in [1.807, 2.05) is 24.3 Å². The maximum Gasteiger partial charge on any atom is 0.271 e. The quantitative estimate of drug-likeness (QED) is 0.442. The third kappa shape index (κ3) is 7.00. The highest BCUT2D eigenvalue weighted by atomic mass is 32.2. The Bertz CT molecular complexity index is 1100. The zero-order valence-electron chi connectivity index (χ0n) is 19.0. The van der Waals surface area contributed by atoms with Gasteiger partial charge in [0.15, 0.2) is 0 Å². The Hall–Kier alpha value is -2.98. The molecule has 3 rings (SSSR count). The van der Waals surface area contributed by atoms with Gasteiger partial charge in [-0.25, -0.2) is 8.42 Å². The maximum absolute atomic E-state index is 12.5. The third-order valence-electron chi connectivity index (χ3n) is 5.73. The lowest BCUT2D eigenvalue weighted by molar-refractivity contribution is -0.384. The summed E-state index contributed by atoms with van der Waals surface area (Å²) >= 11 is 0. The van der Waals surface area contributed by atoms with Gasteiger partial charge in [0.05, 0.1) is 16.9 Å². The number of hydrogen-bond donors (Lipinski definition) is 1. The van der Waals surface area contributed by atoms with Crippen LogP contribution in [-0.4, -0.2) is 50.0 Å². The zero-order chi connectivity index (χ0) is 24.0. The lowest BCUT2D eigenvalue weighted by Crippen LogP contribution is -2.40. The molecule has 33 heavy (non-hydrogen) atoms. The highest BCUT2D eigenvalue weighted by Crippen LogP contribution is 2.27. The molecular weight excluding hydrogens is 444 g/mol. The molecule has 0 atom stereocenters. The van der Waals surface area contributed by atoms with Crippen molar-refractivity contribution in [2.24, 2.45) is 0 Å². The van der Waals surface area contributed by atoms with Crippen LogP contribution in [0.1, 0.15) is 36.0 Å². The van der Waals surface area contributed by atoms with Crippen LogP contribution >= 0.6 is 0 Å². The molecule has 0 bridgehead atoms. The average molecular weight is 475 g/mol. The van der Waals surface area contributed by atoms with Gasteiger partial charge in [0, 0.05) is 25.2 Å². The first kappa shape index (κ1) is 24.7. The minimum atomic E-state index is -3.84. The number of nitro benzene ring substituents is 1. The van der Waals surface area contributed by atoms with E-state index in [9.17, 15) is 23.3 Å². The number of rotatable bonds is 9. The number of sulfonamides is 1. The number of nitro groups is 1. The van der Waals surface area contributed by atoms with Gasteiger partial charge in [0.2, 0.25) is 15.9 Å². The fourth-order valence-electron chi connectivity index (χ4n) is 3.89. The summed E-state index contributed by atoms with van der Waals surface area (Å²) in [6, 6.07) is 11.9. The van der Waals surface area contributed by atoms with Crippen molar-refractivity contribution in [2.45, 2.75) is 39.3 Å². The topological polar surface area (TPSA) is 113 Å². The summed E-state index contributed by atoms with van der Waals surface area (Å²) in [7, 11) is -3.84. The van der Waals surface area contributed by atoms with Crippen LogP contribution in [0.4, 0.5) is 11.4 Å². The van der Waals surface area contributed by atoms with Crippen molar-refractivity contribution in [1.82, 2.24) is 10.2 Å². The molecule has 0 aliphatic carbocycles. The van der Waals surface area contributed by atoms with Crippen LogP contribution in [0, 0.1) is 17.0 Å². The molecule has 1 amide bonds. The number of benzene rings is 2. The van der Waals surface area contributed by atoms with E-state index in [4.69, 9.17) is 0 Å². The molecule has 2 aromatic rings. The van der Waals surface area contributed by atoms with E-state index in [0.717, 1.165) is 35.8 Å². The monoisotopic (exact) mass is 474 g/mol. The smallest absolute Gasteiger partial charge is 0.271 e. The van der Waals surface area contributed by atoms with Crippen LogP contribution in [0.25, 0.3) is 0 Å². The minimum Gasteiger partial charge on any atom is -0.350 e. The number of aryl methyl sites for hydroxylation is 1. The third-order valence-corrected chi connectivity index (χ3v) is 6.85. The lowest BCUT2D eigenvalue weighted by Gasteiger charge is -2.26. The SMILES string of the molecule is Cc1ccc([N+](=O)[O-])cc1N(CC(=O)NCc1ccc(CN2CCCCC2)cc1)S(C)(=O)=O. The van der Waals surface area contributed by atoms with Gasteiger partial charge in [-0.05, 0) is 49.5 Å². The summed E-state index contributed by atoms with van der Waals surface area (Å²) in [5, 5.41) is 13.8. The largest absolute Gasteiger partial charge is 0.350 e. The number of amides is 1. The van der Waals surface area contributed by atoms with Gasteiger partial charge in [0.25, 0.3) is 5.69 Å². The van der Waals surface area contributed by atoms with Crippen molar-refractivity contribution in [3.8, 4) is 0 Å². The number of likely N-dealkylation sites (tertiary alicyclic amines) is 1. The van der Waals surface area contributed by atoms with Crippen molar-refractivity contribution in [2.75, 3.05) is 30.2 Å². The fourth-order valence-corrected chi connectivity index (χ4v) is 4.79. The number of nitrogens with one attached hydrogen (secondary N) is 1. The van der Waals surface area contributed by atoms with E-state index in [2.05, 4.69) is 10.2 Å². The number of hydrogen-bond acceptors (Lipinski definition) is 6. The van der Waals surface area contributed by atoms with E-state index in [1.54, 1.807) is 6.92 Å². The van der Waals surface area contributed by atoms with Crippen molar-refractivity contribution in [1.29, 1.82) is 0 Å². The van der Waals surface area contributed by atoms with Crippen LogP contribution in [0.5, 0.6) is 0 Å². The van der Waals surface area contributed by atoms with Crippen LogP contribution in [-0.2, 0) is 27.9 Å². The molecule has 10 heteroatoms. The van der Waals surface area contributed by atoms with Crippen molar-refractivity contribution >= 4 is 27.3 Å². The standard InChI is InChI=1S/C23H30N4O5S/c1-18-6-11-21(27(29)30)14-22(18)26(33(2,31)32)17-23(28)24-15-19-7-9-20(10-8-19)16-25-12-4-3-5-13-25/h6-11,14H,3-5,12-13,15-17H2,1-2H3,(H,24,28). The predicted octanol–water partition coefficient (Wildman–Crippen LogP) is 2.97. The second-order valence-electron chi connectivity index (χ2n) is 8.43. The fraction of sp³-hybridized carbons (Fsp3) is 0.435. The molecule has 1 N–H and O–H groups in total. The second-order valence-corrected chi connectivity index (χ2v) is 10.3. The van der Waals surface area contributed by atoms with Crippen LogP contribution in [0.15, 0.2) is 42.5 Å². The van der Waals surface area contributed by atoms with Gasteiger partial charge in [-0.2, -0.15) is 0 Å². The number of nitrogens with zero attached hydrogens (tertiary/aromatic N) is 3. The van der Waals surface area contributed by atoms with Crippen molar-refractivity contribution in [3.63, 3.8) is 0 Å². The summed E-state index contributed by atoms with van der Waals surface area (Å²) in [6.07, 6.45) is 4.75. The Morgan fingerprint density at radius 1 is 1.09 bits per heavy atom. The van der Waals surface area contributed by atoms with Crippen molar-refractivity contribution < 1.29 is 18.1 Å². The Morgan fingerprint density at radius 3 is 2.33 bits per heavy atom. The highest BCUT2D eigenvalue weighted by molar-refractivity contribution is 7.92. The van der Waals surface area contributed by atoms with E-state index < -0.39 is 27.4 Å². The molecule has 178 valence electrons. The van der Waals surface area contributed by atoms with Gasteiger partial charge in [-0.1, -0.05) is 36.8 Å². The number of carbonyl (C=O) groups excluding carboxylic acids is 1. The molecule has 0 spiro atoms. The first-order chi connectivity index (χ1) is 15.6. The summed E-state index contributed by atoms with van der Waals surface area (Å²) in [5.41, 5.74) is 2.51. The van der Waals surface area contributed by atoms with E-state index in [1.165, 1.54) is 43.0 Å². The Labute approximate surface area is 194 Å². The number of anilines is 1. The minimum absolute atomic E-state index is 0.115. The molecule has 0 unspecified atom stereocenters. The molecule has 9 nitrogen and oxygen atoms in total. The molecule has 0 aromatic heterocycles. The van der Waals surface area contributed by atoms with E-state index in [0.29, 0.717) is 5.56 Å². The Balaban J connectivity index is 1.62. The van der Waals surface area contributed by atoms with E-state index >= 15 is 0 Å². The molecule has 1 aliphatic heterocycles. The van der Waals surface area contributed by atoms with Crippen LogP contribution in [0.3, 0.4) is 0 Å². The van der Waals surface area contributed by atoms with Gasteiger partial charge < -0.3 is 5.32 Å².